The maximum Gasteiger partial charge on any atom is 0.0482 e. The lowest BCUT2D eigenvalue weighted by molar-refractivity contribution is 0.305. The van der Waals surface area contributed by atoms with E-state index in [1.807, 2.05) is 6.20 Å². The summed E-state index contributed by atoms with van der Waals surface area (Å²) in [7, 11) is 0. The van der Waals surface area contributed by atoms with Crippen LogP contribution in [0, 0.1) is 5.41 Å². The Labute approximate surface area is 104 Å². The third kappa shape index (κ3) is 1.89. The quantitative estimate of drug-likeness (QED) is 0.860. The molecule has 0 amide bonds. The predicted molar refractivity (Wildman–Crippen MR) is 70.1 cm³/mol. The van der Waals surface area contributed by atoms with Gasteiger partial charge in [0, 0.05) is 23.9 Å². The van der Waals surface area contributed by atoms with Gasteiger partial charge in [0.2, 0.25) is 0 Å². The van der Waals surface area contributed by atoms with Gasteiger partial charge >= 0.3 is 0 Å². The Kier molecular flexibility index (Phi) is 2.70. The molecule has 1 aromatic heterocycles. The van der Waals surface area contributed by atoms with Crippen LogP contribution in [0.15, 0.2) is 18.3 Å². The van der Waals surface area contributed by atoms with Crippen LogP contribution in [0.1, 0.15) is 50.3 Å². The van der Waals surface area contributed by atoms with Crippen LogP contribution in [-0.4, -0.2) is 17.6 Å². The van der Waals surface area contributed by atoms with Crippen molar-refractivity contribution in [3.05, 3.63) is 29.6 Å². The normalized spacial score (nSPS) is 26.6. The number of aryl methyl sites for hydroxylation is 1. The van der Waals surface area contributed by atoms with Crippen molar-refractivity contribution in [1.82, 2.24) is 10.3 Å². The lowest BCUT2D eigenvalue weighted by atomic mass is 9.85. The molecule has 92 valence electrons. The molecule has 0 radical (unpaired) electrons. The van der Waals surface area contributed by atoms with Gasteiger partial charge in [0.05, 0.1) is 0 Å². The molecular weight excluding hydrogens is 208 g/mol. The van der Waals surface area contributed by atoms with Gasteiger partial charge in [0.15, 0.2) is 0 Å². The van der Waals surface area contributed by atoms with Crippen LogP contribution in [0.3, 0.4) is 0 Å². The third-order valence-corrected chi connectivity index (χ3v) is 4.62. The molecule has 1 N–H and O–H groups in total. The van der Waals surface area contributed by atoms with Crippen LogP contribution >= 0.6 is 0 Å². The van der Waals surface area contributed by atoms with Crippen LogP contribution in [0.25, 0.3) is 0 Å². The summed E-state index contributed by atoms with van der Waals surface area (Å²) in [6, 6.07) is 4.95. The van der Waals surface area contributed by atoms with Crippen molar-refractivity contribution < 1.29 is 0 Å². The number of hydrogen-bond acceptors (Lipinski definition) is 2. The summed E-state index contributed by atoms with van der Waals surface area (Å²) in [5.74, 6) is 0.638. The van der Waals surface area contributed by atoms with Gasteiger partial charge in [-0.05, 0) is 49.3 Å². The van der Waals surface area contributed by atoms with E-state index in [0.717, 1.165) is 6.54 Å². The fourth-order valence-electron chi connectivity index (χ4n) is 3.37. The van der Waals surface area contributed by atoms with Crippen LogP contribution in [-0.2, 0) is 6.42 Å². The number of fused-ring (bicyclic) bond motifs is 1. The minimum absolute atomic E-state index is 0.528. The smallest absolute Gasteiger partial charge is 0.0482 e. The zero-order chi connectivity index (χ0) is 11.9. The lowest BCUT2D eigenvalue weighted by Crippen LogP contribution is -2.40. The van der Waals surface area contributed by atoms with Crippen LogP contribution in [0.4, 0.5) is 0 Å². The number of aromatic nitrogens is 1. The van der Waals surface area contributed by atoms with Gasteiger partial charge < -0.3 is 5.32 Å². The molecule has 2 aliphatic carbocycles. The first-order valence-corrected chi connectivity index (χ1v) is 6.92. The Morgan fingerprint density at radius 2 is 2.35 bits per heavy atom. The van der Waals surface area contributed by atoms with Gasteiger partial charge in [0.25, 0.3) is 0 Å². The van der Waals surface area contributed by atoms with Crippen molar-refractivity contribution in [3.63, 3.8) is 0 Å². The summed E-state index contributed by atoms with van der Waals surface area (Å²) in [4.78, 5) is 4.65. The highest BCUT2D eigenvalue weighted by molar-refractivity contribution is 5.31. The molecule has 1 heterocycles. The highest BCUT2D eigenvalue weighted by atomic mass is 15.0. The van der Waals surface area contributed by atoms with Crippen molar-refractivity contribution in [2.45, 2.75) is 51.5 Å². The van der Waals surface area contributed by atoms with E-state index in [2.05, 4.69) is 36.3 Å². The first-order chi connectivity index (χ1) is 8.24. The zero-order valence-electron chi connectivity index (χ0n) is 10.9. The van der Waals surface area contributed by atoms with Gasteiger partial charge in [-0.25, -0.2) is 0 Å². The van der Waals surface area contributed by atoms with Crippen molar-refractivity contribution in [1.29, 1.82) is 0 Å². The highest BCUT2D eigenvalue weighted by Gasteiger charge is 2.49. The minimum atomic E-state index is 0.528. The average Bonchev–Trinajstić information content (AvgIpc) is 2.95. The topological polar surface area (TPSA) is 24.9 Å². The Hall–Kier alpha value is -0.890. The van der Waals surface area contributed by atoms with Crippen LogP contribution in [0.2, 0.25) is 0 Å². The second-order valence-electron chi connectivity index (χ2n) is 5.88. The summed E-state index contributed by atoms with van der Waals surface area (Å²) < 4.78 is 0. The fraction of sp³-hybridized carbons (Fsp3) is 0.667. The summed E-state index contributed by atoms with van der Waals surface area (Å²) in [5.41, 5.74) is 3.37. The van der Waals surface area contributed by atoms with Crippen LogP contribution in [0.5, 0.6) is 0 Å². The van der Waals surface area contributed by atoms with Gasteiger partial charge in [0.1, 0.15) is 0 Å². The molecule has 2 atom stereocenters. The fourth-order valence-corrected chi connectivity index (χ4v) is 3.37. The van der Waals surface area contributed by atoms with Crippen molar-refractivity contribution in [2.75, 3.05) is 6.54 Å². The lowest BCUT2D eigenvalue weighted by Gasteiger charge is -2.30. The molecule has 0 bridgehead atoms. The average molecular weight is 230 g/mol. The monoisotopic (exact) mass is 230 g/mol. The Morgan fingerprint density at radius 3 is 3.06 bits per heavy atom. The zero-order valence-corrected chi connectivity index (χ0v) is 10.9. The van der Waals surface area contributed by atoms with Gasteiger partial charge in [-0.2, -0.15) is 0 Å². The molecule has 0 saturated heterocycles. The number of nitrogens with one attached hydrogen (secondary N) is 1. The molecule has 2 aliphatic rings. The van der Waals surface area contributed by atoms with Crippen molar-refractivity contribution >= 4 is 0 Å². The maximum absolute atomic E-state index is 4.65. The van der Waals surface area contributed by atoms with E-state index in [4.69, 9.17) is 0 Å². The Bertz CT molecular complexity index is 409. The molecule has 3 rings (SSSR count). The number of pyridine rings is 1. The van der Waals surface area contributed by atoms with Gasteiger partial charge in [-0.1, -0.05) is 19.9 Å². The van der Waals surface area contributed by atoms with E-state index >= 15 is 0 Å². The molecule has 2 nitrogen and oxygen atoms in total. The molecular formula is C15H22N2. The van der Waals surface area contributed by atoms with Crippen molar-refractivity contribution in [3.8, 4) is 0 Å². The molecule has 2 unspecified atom stereocenters. The van der Waals surface area contributed by atoms with E-state index in [9.17, 15) is 0 Å². The first kappa shape index (κ1) is 11.2. The summed E-state index contributed by atoms with van der Waals surface area (Å²) >= 11 is 0. The molecule has 17 heavy (non-hydrogen) atoms. The largest absolute Gasteiger partial charge is 0.313 e. The number of nitrogens with zero attached hydrogens (tertiary/aromatic N) is 1. The minimum Gasteiger partial charge on any atom is -0.313 e. The van der Waals surface area contributed by atoms with E-state index in [1.165, 1.54) is 36.9 Å². The Morgan fingerprint density at radius 1 is 1.53 bits per heavy atom. The van der Waals surface area contributed by atoms with E-state index in [0.29, 0.717) is 17.4 Å². The summed E-state index contributed by atoms with van der Waals surface area (Å²) in [6.07, 6.45) is 7.20. The molecule has 0 aliphatic heterocycles. The molecule has 0 spiro atoms. The molecule has 2 heteroatoms. The number of likely N-dealkylation sites (N-methyl/N-ethyl adjacent to an activating group) is 1. The highest BCUT2D eigenvalue weighted by Crippen LogP contribution is 2.53. The summed E-state index contributed by atoms with van der Waals surface area (Å²) in [6.45, 7) is 5.72. The Balaban J connectivity index is 1.88. The van der Waals surface area contributed by atoms with Crippen molar-refractivity contribution in [2.24, 2.45) is 5.41 Å². The molecule has 0 aromatic carbocycles. The standard InChI is InChI=1S/C15H22N2/c1-3-16-14(15(2)8-9-15)12-7-6-11-5-4-10-17-13(11)12/h4-5,10,12,14,16H,3,6-9H2,1-2H3. The molecule has 1 fully saturated rings. The van der Waals surface area contributed by atoms with E-state index in [-0.39, 0.29) is 0 Å². The van der Waals surface area contributed by atoms with Crippen LogP contribution < -0.4 is 5.32 Å². The second kappa shape index (κ2) is 4.09. The summed E-state index contributed by atoms with van der Waals surface area (Å²) in [5, 5.41) is 3.73. The van der Waals surface area contributed by atoms with E-state index in [1.54, 1.807) is 0 Å². The van der Waals surface area contributed by atoms with Gasteiger partial charge in [-0.15, -0.1) is 0 Å². The van der Waals surface area contributed by atoms with Gasteiger partial charge in [-0.3, -0.25) is 4.98 Å². The maximum atomic E-state index is 4.65. The number of rotatable bonds is 4. The predicted octanol–water partition coefficient (Wildman–Crippen LogP) is 2.89. The second-order valence-corrected chi connectivity index (χ2v) is 5.88. The SMILES string of the molecule is CCNC(C1CCc2cccnc21)C1(C)CC1. The van der Waals surface area contributed by atoms with E-state index < -0.39 is 0 Å². The first-order valence-electron chi connectivity index (χ1n) is 6.92. The molecule has 1 saturated carbocycles. The molecule has 1 aromatic rings. The number of hydrogen-bond donors (Lipinski definition) is 1. The third-order valence-electron chi connectivity index (χ3n) is 4.62.